The van der Waals surface area contributed by atoms with Crippen LogP contribution in [0, 0.1) is 0 Å². The number of esters is 1. The van der Waals surface area contributed by atoms with Crippen molar-refractivity contribution >= 4 is 35.1 Å². The van der Waals surface area contributed by atoms with Crippen molar-refractivity contribution in [2.45, 2.75) is 45.3 Å². The van der Waals surface area contributed by atoms with E-state index in [2.05, 4.69) is 10.3 Å². The lowest BCUT2D eigenvalue weighted by atomic mass is 10.1. The predicted molar refractivity (Wildman–Crippen MR) is 89.6 cm³/mol. The monoisotopic (exact) mass is 361 g/mol. The molecule has 0 bridgehead atoms. The molecular formula is C15H21Cl2N3O3. The Labute approximate surface area is 145 Å². The highest BCUT2D eigenvalue weighted by Crippen LogP contribution is 2.20. The molecular weight excluding hydrogens is 341 g/mol. The lowest BCUT2D eigenvalue weighted by Crippen LogP contribution is -2.44. The van der Waals surface area contributed by atoms with E-state index < -0.39 is 23.5 Å². The number of pyridine rings is 1. The van der Waals surface area contributed by atoms with Crippen LogP contribution in [0.15, 0.2) is 12.3 Å². The van der Waals surface area contributed by atoms with Crippen LogP contribution in [0.1, 0.15) is 44.0 Å². The Morgan fingerprint density at radius 1 is 1.39 bits per heavy atom. The third-order valence-electron chi connectivity index (χ3n) is 2.75. The van der Waals surface area contributed by atoms with Crippen LogP contribution in [0.4, 0.5) is 0 Å². The molecule has 0 aromatic carbocycles. The minimum atomic E-state index is -0.792. The van der Waals surface area contributed by atoms with E-state index in [1.54, 1.807) is 20.8 Å². The lowest BCUT2D eigenvalue weighted by Gasteiger charge is -2.24. The van der Waals surface area contributed by atoms with E-state index in [0.717, 1.165) is 0 Å². The third-order valence-corrected chi connectivity index (χ3v) is 3.44. The van der Waals surface area contributed by atoms with E-state index in [1.165, 1.54) is 12.3 Å². The summed E-state index contributed by atoms with van der Waals surface area (Å²) in [6, 6.07) is 0.598. The molecule has 8 heteroatoms. The minimum absolute atomic E-state index is 0.107. The molecule has 128 valence electrons. The largest absolute Gasteiger partial charge is 0.458 e. The molecule has 1 rings (SSSR count). The number of nitrogens with two attached hydrogens (primary N) is 1. The number of carbonyl (C=O) groups is 2. The van der Waals surface area contributed by atoms with Crippen LogP contribution >= 0.6 is 23.2 Å². The zero-order chi connectivity index (χ0) is 17.6. The topological polar surface area (TPSA) is 94.3 Å². The average Bonchev–Trinajstić information content (AvgIpc) is 2.44. The van der Waals surface area contributed by atoms with E-state index >= 15 is 0 Å². The van der Waals surface area contributed by atoms with E-state index in [9.17, 15) is 9.59 Å². The molecule has 0 aliphatic heterocycles. The van der Waals surface area contributed by atoms with Gasteiger partial charge in [-0.3, -0.25) is 4.79 Å². The number of carbonyl (C=O) groups excluding carboxylic acids is 2. The molecule has 1 aromatic heterocycles. The maximum Gasteiger partial charge on any atom is 0.329 e. The summed E-state index contributed by atoms with van der Waals surface area (Å²) in [7, 11) is 0. The SMILES string of the molecule is CC(C)(C)OC(=O)[C@H](CCCN)NC(=O)c1cnc(Cl)c(Cl)c1. The first kappa shape index (κ1) is 19.7. The van der Waals surface area contributed by atoms with Crippen molar-refractivity contribution in [3.8, 4) is 0 Å². The molecule has 0 fully saturated rings. The van der Waals surface area contributed by atoms with Crippen LogP contribution < -0.4 is 11.1 Å². The van der Waals surface area contributed by atoms with Gasteiger partial charge in [-0.2, -0.15) is 0 Å². The van der Waals surface area contributed by atoms with Crippen LogP contribution in [0.2, 0.25) is 10.2 Å². The second-order valence-electron chi connectivity index (χ2n) is 5.99. The van der Waals surface area contributed by atoms with Gasteiger partial charge < -0.3 is 15.8 Å². The smallest absolute Gasteiger partial charge is 0.329 e. The highest BCUT2D eigenvalue weighted by molar-refractivity contribution is 6.41. The summed E-state index contributed by atoms with van der Waals surface area (Å²) < 4.78 is 5.32. The summed E-state index contributed by atoms with van der Waals surface area (Å²) in [6.45, 7) is 5.68. The number of rotatable bonds is 6. The van der Waals surface area contributed by atoms with E-state index in [1.807, 2.05) is 0 Å². The first-order valence-electron chi connectivity index (χ1n) is 7.19. The second-order valence-corrected chi connectivity index (χ2v) is 6.75. The number of hydrogen-bond donors (Lipinski definition) is 2. The maximum absolute atomic E-state index is 12.3. The molecule has 1 atom stereocenters. The Bertz CT molecular complexity index is 574. The van der Waals surface area contributed by atoms with Gasteiger partial charge in [0.2, 0.25) is 0 Å². The van der Waals surface area contributed by atoms with Gasteiger partial charge >= 0.3 is 5.97 Å². The molecule has 0 aliphatic carbocycles. The fourth-order valence-corrected chi connectivity index (χ4v) is 2.00. The van der Waals surface area contributed by atoms with Gasteiger partial charge in [0.25, 0.3) is 5.91 Å². The summed E-state index contributed by atoms with van der Waals surface area (Å²) in [4.78, 5) is 28.3. The number of halogens is 2. The maximum atomic E-state index is 12.3. The fourth-order valence-electron chi connectivity index (χ4n) is 1.73. The molecule has 3 N–H and O–H groups in total. The Hall–Kier alpha value is -1.37. The summed E-state index contributed by atoms with van der Waals surface area (Å²) in [5.74, 6) is -0.990. The zero-order valence-electron chi connectivity index (χ0n) is 13.4. The highest BCUT2D eigenvalue weighted by Gasteiger charge is 2.26. The highest BCUT2D eigenvalue weighted by atomic mass is 35.5. The number of amides is 1. The normalized spacial score (nSPS) is 12.6. The van der Waals surface area contributed by atoms with Gasteiger partial charge in [-0.15, -0.1) is 0 Å². The van der Waals surface area contributed by atoms with Crippen LogP contribution in [-0.2, 0) is 9.53 Å². The minimum Gasteiger partial charge on any atom is -0.458 e. The number of hydrogen-bond acceptors (Lipinski definition) is 5. The van der Waals surface area contributed by atoms with Crippen molar-refractivity contribution in [3.63, 3.8) is 0 Å². The Balaban J connectivity index is 2.84. The summed E-state index contributed by atoms with van der Waals surface area (Å²) in [5.41, 5.74) is 5.04. The molecule has 0 saturated carbocycles. The Morgan fingerprint density at radius 2 is 2.04 bits per heavy atom. The predicted octanol–water partition coefficient (Wildman–Crippen LogP) is 2.57. The van der Waals surface area contributed by atoms with E-state index in [4.69, 9.17) is 33.7 Å². The van der Waals surface area contributed by atoms with E-state index in [-0.39, 0.29) is 15.7 Å². The lowest BCUT2D eigenvalue weighted by molar-refractivity contribution is -0.157. The van der Waals surface area contributed by atoms with Gasteiger partial charge in [-0.25, -0.2) is 9.78 Å². The number of aromatic nitrogens is 1. The number of nitrogens with one attached hydrogen (secondary N) is 1. The fraction of sp³-hybridized carbons (Fsp3) is 0.533. The molecule has 0 saturated heterocycles. The third kappa shape index (κ3) is 6.72. The zero-order valence-corrected chi connectivity index (χ0v) is 14.9. The van der Waals surface area contributed by atoms with Crippen molar-refractivity contribution in [2.75, 3.05) is 6.54 Å². The van der Waals surface area contributed by atoms with Crippen molar-refractivity contribution in [2.24, 2.45) is 5.73 Å². The van der Waals surface area contributed by atoms with Crippen LogP contribution in [0.25, 0.3) is 0 Å². The van der Waals surface area contributed by atoms with Gasteiger partial charge in [0.15, 0.2) is 0 Å². The summed E-state index contributed by atoms with van der Waals surface area (Å²) in [5, 5.41) is 2.90. The van der Waals surface area contributed by atoms with Crippen molar-refractivity contribution in [1.29, 1.82) is 0 Å². The van der Waals surface area contributed by atoms with Crippen LogP contribution in [0.5, 0.6) is 0 Å². The Kier molecular flexibility index (Phi) is 7.25. The first-order chi connectivity index (χ1) is 10.6. The number of ether oxygens (including phenoxy) is 1. The molecule has 0 unspecified atom stereocenters. The number of nitrogens with zero attached hydrogens (tertiary/aromatic N) is 1. The molecule has 1 amide bonds. The molecule has 1 aromatic rings. The second kappa shape index (κ2) is 8.47. The van der Waals surface area contributed by atoms with Gasteiger partial charge in [0.05, 0.1) is 10.6 Å². The summed E-state index contributed by atoms with van der Waals surface area (Å²) >= 11 is 11.6. The van der Waals surface area contributed by atoms with Crippen LogP contribution in [0.3, 0.4) is 0 Å². The average molecular weight is 362 g/mol. The van der Waals surface area contributed by atoms with Crippen LogP contribution in [-0.4, -0.2) is 35.0 Å². The standard InChI is InChI=1S/C15H21Cl2N3O3/c1-15(2,3)23-14(22)11(5-4-6-18)20-13(21)9-7-10(16)12(17)19-8-9/h7-8,11H,4-6,18H2,1-3H3,(H,20,21)/t11-/m0/s1. The van der Waals surface area contributed by atoms with Gasteiger partial charge in [0, 0.05) is 6.20 Å². The molecule has 0 spiro atoms. The Morgan fingerprint density at radius 3 is 2.57 bits per heavy atom. The molecule has 0 aliphatic rings. The van der Waals surface area contributed by atoms with Gasteiger partial charge in [0.1, 0.15) is 16.8 Å². The summed E-state index contributed by atoms with van der Waals surface area (Å²) in [6.07, 6.45) is 2.24. The van der Waals surface area contributed by atoms with Gasteiger partial charge in [-0.05, 0) is 46.2 Å². The van der Waals surface area contributed by atoms with Crippen molar-refractivity contribution in [1.82, 2.24) is 10.3 Å². The van der Waals surface area contributed by atoms with Crippen molar-refractivity contribution in [3.05, 3.63) is 28.0 Å². The molecule has 1 heterocycles. The van der Waals surface area contributed by atoms with Gasteiger partial charge in [-0.1, -0.05) is 23.2 Å². The molecule has 6 nitrogen and oxygen atoms in total. The first-order valence-corrected chi connectivity index (χ1v) is 7.94. The molecule has 0 radical (unpaired) electrons. The van der Waals surface area contributed by atoms with E-state index in [0.29, 0.717) is 19.4 Å². The quantitative estimate of drug-likeness (QED) is 0.599. The molecule has 23 heavy (non-hydrogen) atoms. The van der Waals surface area contributed by atoms with Crippen molar-refractivity contribution < 1.29 is 14.3 Å².